The SMILES string of the molecule is Cc1ccc(CCN(C)Cc2ccccc2)cc1. The van der Waals surface area contributed by atoms with Crippen molar-refractivity contribution in [3.05, 3.63) is 71.3 Å². The summed E-state index contributed by atoms with van der Waals surface area (Å²) in [4.78, 5) is 2.37. The van der Waals surface area contributed by atoms with Gasteiger partial charge in [-0.15, -0.1) is 0 Å². The Morgan fingerprint density at radius 3 is 2.17 bits per heavy atom. The molecule has 2 rings (SSSR count). The summed E-state index contributed by atoms with van der Waals surface area (Å²) in [5.41, 5.74) is 4.13. The van der Waals surface area contributed by atoms with Crippen molar-refractivity contribution in [1.82, 2.24) is 4.90 Å². The molecule has 0 unspecified atom stereocenters. The van der Waals surface area contributed by atoms with Gasteiger partial charge in [-0.25, -0.2) is 0 Å². The smallest absolute Gasteiger partial charge is 0.0230 e. The molecular formula is C17H21N. The van der Waals surface area contributed by atoms with E-state index in [2.05, 4.69) is 73.5 Å². The summed E-state index contributed by atoms with van der Waals surface area (Å²) in [7, 11) is 2.18. The zero-order chi connectivity index (χ0) is 12.8. The largest absolute Gasteiger partial charge is 0.302 e. The minimum Gasteiger partial charge on any atom is -0.302 e. The third-order valence-corrected chi connectivity index (χ3v) is 3.20. The lowest BCUT2D eigenvalue weighted by Crippen LogP contribution is -2.20. The first-order valence-corrected chi connectivity index (χ1v) is 6.52. The van der Waals surface area contributed by atoms with Gasteiger partial charge in [0, 0.05) is 13.1 Å². The summed E-state index contributed by atoms with van der Waals surface area (Å²) < 4.78 is 0. The summed E-state index contributed by atoms with van der Waals surface area (Å²) in [6.45, 7) is 4.25. The number of benzene rings is 2. The highest BCUT2D eigenvalue weighted by molar-refractivity contribution is 5.21. The van der Waals surface area contributed by atoms with E-state index in [1.807, 2.05) is 0 Å². The van der Waals surface area contributed by atoms with E-state index in [0.717, 1.165) is 19.5 Å². The van der Waals surface area contributed by atoms with Crippen LogP contribution in [-0.4, -0.2) is 18.5 Å². The molecule has 0 saturated carbocycles. The first-order chi connectivity index (χ1) is 8.74. The molecule has 0 aliphatic carbocycles. The molecule has 2 aromatic rings. The van der Waals surface area contributed by atoms with Crippen LogP contribution in [0.15, 0.2) is 54.6 Å². The molecule has 0 aliphatic rings. The van der Waals surface area contributed by atoms with Crippen molar-refractivity contribution in [2.24, 2.45) is 0 Å². The first-order valence-electron chi connectivity index (χ1n) is 6.52. The van der Waals surface area contributed by atoms with E-state index < -0.39 is 0 Å². The molecule has 94 valence electrons. The third-order valence-electron chi connectivity index (χ3n) is 3.20. The topological polar surface area (TPSA) is 3.24 Å². The summed E-state index contributed by atoms with van der Waals surface area (Å²) >= 11 is 0. The zero-order valence-corrected chi connectivity index (χ0v) is 11.3. The molecule has 1 heteroatoms. The second-order valence-electron chi connectivity index (χ2n) is 4.96. The van der Waals surface area contributed by atoms with Crippen molar-refractivity contribution >= 4 is 0 Å². The first kappa shape index (κ1) is 12.8. The summed E-state index contributed by atoms with van der Waals surface area (Å²) in [6, 6.07) is 19.5. The summed E-state index contributed by atoms with van der Waals surface area (Å²) in [6.07, 6.45) is 1.11. The fourth-order valence-corrected chi connectivity index (χ4v) is 2.05. The van der Waals surface area contributed by atoms with Crippen LogP contribution in [0.4, 0.5) is 0 Å². The van der Waals surface area contributed by atoms with Crippen molar-refractivity contribution in [1.29, 1.82) is 0 Å². The molecular weight excluding hydrogens is 218 g/mol. The van der Waals surface area contributed by atoms with Crippen LogP contribution in [0, 0.1) is 6.92 Å². The number of aryl methyl sites for hydroxylation is 1. The molecule has 0 atom stereocenters. The Kier molecular flexibility index (Phi) is 4.54. The molecule has 0 N–H and O–H groups in total. The van der Waals surface area contributed by atoms with Crippen molar-refractivity contribution in [2.75, 3.05) is 13.6 Å². The summed E-state index contributed by atoms with van der Waals surface area (Å²) in [5, 5.41) is 0. The monoisotopic (exact) mass is 239 g/mol. The number of hydrogen-bond donors (Lipinski definition) is 0. The third kappa shape index (κ3) is 4.01. The van der Waals surface area contributed by atoms with Gasteiger partial charge in [0.05, 0.1) is 0 Å². The molecule has 0 spiro atoms. The van der Waals surface area contributed by atoms with Crippen LogP contribution in [0.1, 0.15) is 16.7 Å². The predicted octanol–water partition coefficient (Wildman–Crippen LogP) is 3.67. The standard InChI is InChI=1S/C17H21N/c1-15-8-10-16(11-9-15)12-13-18(2)14-17-6-4-3-5-7-17/h3-11H,12-14H2,1-2H3. The van der Waals surface area contributed by atoms with Crippen molar-refractivity contribution in [3.63, 3.8) is 0 Å². The quantitative estimate of drug-likeness (QED) is 0.769. The van der Waals surface area contributed by atoms with Gasteiger partial charge in [0.15, 0.2) is 0 Å². The maximum atomic E-state index is 2.37. The predicted molar refractivity (Wildman–Crippen MR) is 77.7 cm³/mol. The normalized spacial score (nSPS) is 10.8. The molecule has 0 aromatic heterocycles. The molecule has 0 aliphatic heterocycles. The molecule has 0 saturated heterocycles. The lowest BCUT2D eigenvalue weighted by atomic mass is 10.1. The van der Waals surface area contributed by atoms with E-state index in [0.29, 0.717) is 0 Å². The second kappa shape index (κ2) is 6.36. The van der Waals surface area contributed by atoms with Crippen LogP contribution in [0.3, 0.4) is 0 Å². The second-order valence-corrected chi connectivity index (χ2v) is 4.96. The maximum absolute atomic E-state index is 2.37. The Labute approximate surface area is 110 Å². The number of nitrogens with zero attached hydrogens (tertiary/aromatic N) is 1. The molecule has 2 aromatic carbocycles. The van der Waals surface area contributed by atoms with Crippen LogP contribution in [0.2, 0.25) is 0 Å². The number of likely N-dealkylation sites (N-methyl/N-ethyl adjacent to an activating group) is 1. The van der Waals surface area contributed by atoms with Crippen LogP contribution < -0.4 is 0 Å². The molecule has 0 fully saturated rings. The maximum Gasteiger partial charge on any atom is 0.0230 e. The Bertz CT molecular complexity index is 459. The average molecular weight is 239 g/mol. The average Bonchev–Trinajstić information content (AvgIpc) is 2.39. The van der Waals surface area contributed by atoms with Crippen LogP contribution in [0.5, 0.6) is 0 Å². The lowest BCUT2D eigenvalue weighted by Gasteiger charge is -2.16. The van der Waals surface area contributed by atoms with Gasteiger partial charge in [0.1, 0.15) is 0 Å². The minimum atomic E-state index is 1.02. The van der Waals surface area contributed by atoms with Gasteiger partial charge in [0.25, 0.3) is 0 Å². The number of rotatable bonds is 5. The number of hydrogen-bond acceptors (Lipinski definition) is 1. The van der Waals surface area contributed by atoms with Crippen molar-refractivity contribution < 1.29 is 0 Å². The summed E-state index contributed by atoms with van der Waals surface area (Å²) in [5.74, 6) is 0. The highest BCUT2D eigenvalue weighted by Crippen LogP contribution is 2.06. The Morgan fingerprint density at radius 2 is 1.50 bits per heavy atom. The molecule has 18 heavy (non-hydrogen) atoms. The molecule has 0 radical (unpaired) electrons. The fourth-order valence-electron chi connectivity index (χ4n) is 2.05. The molecule has 0 amide bonds. The van der Waals surface area contributed by atoms with E-state index in [9.17, 15) is 0 Å². The van der Waals surface area contributed by atoms with Gasteiger partial charge in [-0.1, -0.05) is 60.2 Å². The van der Waals surface area contributed by atoms with Gasteiger partial charge >= 0.3 is 0 Å². The minimum absolute atomic E-state index is 1.02. The van der Waals surface area contributed by atoms with Gasteiger partial charge in [0.2, 0.25) is 0 Å². The van der Waals surface area contributed by atoms with Gasteiger partial charge in [-0.3, -0.25) is 0 Å². The van der Waals surface area contributed by atoms with Crippen LogP contribution in [0.25, 0.3) is 0 Å². The highest BCUT2D eigenvalue weighted by atomic mass is 15.1. The molecule has 0 bridgehead atoms. The Morgan fingerprint density at radius 1 is 0.833 bits per heavy atom. The van der Waals surface area contributed by atoms with Crippen LogP contribution in [-0.2, 0) is 13.0 Å². The van der Waals surface area contributed by atoms with E-state index in [-0.39, 0.29) is 0 Å². The Hall–Kier alpha value is -1.60. The van der Waals surface area contributed by atoms with Crippen molar-refractivity contribution in [3.8, 4) is 0 Å². The molecule has 0 heterocycles. The lowest BCUT2D eigenvalue weighted by molar-refractivity contribution is 0.331. The van der Waals surface area contributed by atoms with Gasteiger partial charge in [-0.05, 0) is 31.5 Å². The van der Waals surface area contributed by atoms with E-state index in [1.165, 1.54) is 16.7 Å². The van der Waals surface area contributed by atoms with Gasteiger partial charge in [-0.2, -0.15) is 0 Å². The molecule has 1 nitrogen and oxygen atoms in total. The van der Waals surface area contributed by atoms with E-state index in [1.54, 1.807) is 0 Å². The van der Waals surface area contributed by atoms with Crippen molar-refractivity contribution in [2.45, 2.75) is 19.9 Å². The fraction of sp³-hybridized carbons (Fsp3) is 0.294. The highest BCUT2D eigenvalue weighted by Gasteiger charge is 2.00. The Balaban J connectivity index is 1.81. The zero-order valence-electron chi connectivity index (χ0n) is 11.3. The van der Waals surface area contributed by atoms with E-state index in [4.69, 9.17) is 0 Å². The van der Waals surface area contributed by atoms with Crippen LogP contribution >= 0.6 is 0 Å². The van der Waals surface area contributed by atoms with Gasteiger partial charge < -0.3 is 4.90 Å². The van der Waals surface area contributed by atoms with E-state index >= 15 is 0 Å².